The van der Waals surface area contributed by atoms with Crippen LogP contribution in [-0.4, -0.2) is 25.4 Å². The third kappa shape index (κ3) is 3.74. The molecule has 26 heavy (non-hydrogen) atoms. The molecule has 0 spiro atoms. The second-order valence-corrected chi connectivity index (χ2v) is 6.79. The van der Waals surface area contributed by atoms with Crippen molar-refractivity contribution in [3.05, 3.63) is 63.5 Å². The standard InChI is InChI=1S/C20H24N4O2/c1-4-5-6-16(14(3)25)17-12-21-24-19(17)22-18(23-20(24)26)11-15-9-7-13(2)8-10-15/h7-10,12,16H,4-6,11H2,1-3H3,(H,22,23,26). The fraction of sp³-hybridized carbons (Fsp3) is 0.400. The summed E-state index contributed by atoms with van der Waals surface area (Å²) in [5.74, 6) is 0.412. The van der Waals surface area contributed by atoms with Gasteiger partial charge in [0.2, 0.25) is 0 Å². The van der Waals surface area contributed by atoms with E-state index in [4.69, 9.17) is 0 Å². The van der Waals surface area contributed by atoms with Gasteiger partial charge in [0.15, 0.2) is 0 Å². The van der Waals surface area contributed by atoms with E-state index >= 15 is 0 Å². The molecule has 1 aromatic carbocycles. The molecule has 0 saturated heterocycles. The summed E-state index contributed by atoms with van der Waals surface area (Å²) in [7, 11) is 0. The van der Waals surface area contributed by atoms with Crippen LogP contribution in [0.2, 0.25) is 0 Å². The zero-order chi connectivity index (χ0) is 18.7. The second kappa shape index (κ2) is 7.64. The second-order valence-electron chi connectivity index (χ2n) is 6.79. The van der Waals surface area contributed by atoms with Gasteiger partial charge in [-0.15, -0.1) is 0 Å². The summed E-state index contributed by atoms with van der Waals surface area (Å²) in [6, 6.07) is 8.12. The number of fused-ring (bicyclic) bond motifs is 1. The number of carbonyl (C=O) groups excluding carboxylic acids is 1. The molecule has 0 amide bonds. The first-order chi connectivity index (χ1) is 12.5. The average molecular weight is 352 g/mol. The lowest BCUT2D eigenvalue weighted by Gasteiger charge is -2.12. The molecular formula is C20H24N4O2. The molecule has 3 rings (SSSR count). The van der Waals surface area contributed by atoms with E-state index < -0.39 is 5.69 Å². The summed E-state index contributed by atoms with van der Waals surface area (Å²) >= 11 is 0. The monoisotopic (exact) mass is 352 g/mol. The molecule has 2 heterocycles. The van der Waals surface area contributed by atoms with E-state index in [1.54, 1.807) is 13.1 Å². The minimum absolute atomic E-state index is 0.0890. The number of unbranched alkanes of at least 4 members (excludes halogenated alkanes) is 1. The van der Waals surface area contributed by atoms with Gasteiger partial charge in [-0.1, -0.05) is 49.6 Å². The van der Waals surface area contributed by atoms with Crippen LogP contribution in [0.15, 0.2) is 35.3 Å². The number of carbonyl (C=O) groups is 1. The van der Waals surface area contributed by atoms with E-state index in [-0.39, 0.29) is 11.7 Å². The summed E-state index contributed by atoms with van der Waals surface area (Å²) < 4.78 is 1.25. The van der Waals surface area contributed by atoms with Crippen molar-refractivity contribution in [3.8, 4) is 0 Å². The Morgan fingerprint density at radius 2 is 2.00 bits per heavy atom. The van der Waals surface area contributed by atoms with Gasteiger partial charge >= 0.3 is 5.69 Å². The molecule has 3 aromatic rings. The lowest BCUT2D eigenvalue weighted by Crippen LogP contribution is -2.21. The SMILES string of the molecule is CCCCC(C(C)=O)c1cnn2c(=O)nc(Cc3ccc(C)cc3)[nH]c12. The molecule has 0 radical (unpaired) electrons. The first-order valence-electron chi connectivity index (χ1n) is 9.02. The predicted molar refractivity (Wildman–Crippen MR) is 101 cm³/mol. The molecule has 0 fully saturated rings. The summed E-state index contributed by atoms with van der Waals surface area (Å²) in [5.41, 5.74) is 3.17. The van der Waals surface area contributed by atoms with Crippen molar-refractivity contribution in [2.24, 2.45) is 0 Å². The van der Waals surface area contributed by atoms with Gasteiger partial charge in [-0.2, -0.15) is 14.6 Å². The Balaban J connectivity index is 2.01. The number of aromatic nitrogens is 4. The van der Waals surface area contributed by atoms with Crippen LogP contribution < -0.4 is 5.69 Å². The minimum Gasteiger partial charge on any atom is -0.328 e. The van der Waals surface area contributed by atoms with Crippen molar-refractivity contribution >= 4 is 11.4 Å². The summed E-state index contributed by atoms with van der Waals surface area (Å²) in [6.07, 6.45) is 4.86. The molecule has 6 nitrogen and oxygen atoms in total. The number of Topliss-reactive ketones (excluding diaryl/α,β-unsaturated/α-hetero) is 1. The minimum atomic E-state index is -0.426. The van der Waals surface area contributed by atoms with Crippen LogP contribution in [0.1, 0.15) is 61.5 Å². The van der Waals surface area contributed by atoms with Crippen molar-refractivity contribution in [1.29, 1.82) is 0 Å². The fourth-order valence-corrected chi connectivity index (χ4v) is 3.18. The van der Waals surface area contributed by atoms with Gasteiger partial charge in [0.25, 0.3) is 0 Å². The van der Waals surface area contributed by atoms with E-state index in [2.05, 4.69) is 22.0 Å². The van der Waals surface area contributed by atoms with E-state index in [0.29, 0.717) is 17.9 Å². The molecule has 1 N–H and O–H groups in total. The first kappa shape index (κ1) is 18.0. The largest absolute Gasteiger partial charge is 0.371 e. The Hall–Kier alpha value is -2.76. The molecule has 0 aliphatic carbocycles. The Labute approximate surface area is 152 Å². The molecule has 6 heteroatoms. The van der Waals surface area contributed by atoms with Gasteiger partial charge in [0, 0.05) is 17.9 Å². The highest BCUT2D eigenvalue weighted by atomic mass is 16.1. The maximum absolute atomic E-state index is 12.3. The van der Waals surface area contributed by atoms with Crippen molar-refractivity contribution in [3.63, 3.8) is 0 Å². The topological polar surface area (TPSA) is 80.1 Å². The van der Waals surface area contributed by atoms with E-state index in [1.165, 1.54) is 10.1 Å². The zero-order valence-electron chi connectivity index (χ0n) is 15.5. The fourth-order valence-electron chi connectivity index (χ4n) is 3.18. The first-order valence-corrected chi connectivity index (χ1v) is 9.02. The number of rotatable bonds is 7. The molecule has 0 saturated carbocycles. The highest BCUT2D eigenvalue weighted by Gasteiger charge is 2.22. The molecule has 136 valence electrons. The Kier molecular flexibility index (Phi) is 5.30. The number of benzene rings is 1. The van der Waals surface area contributed by atoms with Crippen molar-refractivity contribution in [2.75, 3.05) is 0 Å². The predicted octanol–water partition coefficient (Wildman–Crippen LogP) is 3.18. The highest BCUT2D eigenvalue weighted by Crippen LogP contribution is 2.25. The molecule has 1 unspecified atom stereocenters. The van der Waals surface area contributed by atoms with Crippen LogP contribution in [0.5, 0.6) is 0 Å². The molecule has 0 bridgehead atoms. The normalized spacial score (nSPS) is 12.4. The van der Waals surface area contributed by atoms with Crippen molar-refractivity contribution in [2.45, 2.75) is 52.4 Å². The smallest absolute Gasteiger partial charge is 0.328 e. The van der Waals surface area contributed by atoms with Gasteiger partial charge in [-0.05, 0) is 25.8 Å². The molecule has 2 aromatic heterocycles. The van der Waals surface area contributed by atoms with E-state index in [0.717, 1.165) is 30.4 Å². The third-order valence-corrected chi connectivity index (χ3v) is 4.68. The number of aromatic amines is 1. The van der Waals surface area contributed by atoms with Crippen LogP contribution in [0.3, 0.4) is 0 Å². The lowest BCUT2D eigenvalue weighted by atomic mass is 9.92. The number of aryl methyl sites for hydroxylation is 1. The molecule has 0 aliphatic heterocycles. The number of nitrogens with zero attached hydrogens (tertiary/aromatic N) is 3. The van der Waals surface area contributed by atoms with Crippen LogP contribution in [0.25, 0.3) is 5.65 Å². The van der Waals surface area contributed by atoms with Gasteiger partial charge < -0.3 is 4.98 Å². The Bertz CT molecular complexity index is 970. The van der Waals surface area contributed by atoms with E-state index in [1.807, 2.05) is 31.2 Å². The highest BCUT2D eigenvalue weighted by molar-refractivity contribution is 5.85. The molecule has 1 atom stereocenters. The number of hydrogen-bond donors (Lipinski definition) is 1. The van der Waals surface area contributed by atoms with Crippen molar-refractivity contribution < 1.29 is 4.79 Å². The molecule has 0 aliphatic rings. The quantitative estimate of drug-likeness (QED) is 0.708. The number of ketones is 1. The van der Waals surface area contributed by atoms with Gasteiger partial charge in [0.1, 0.15) is 17.3 Å². The maximum atomic E-state index is 12.3. The lowest BCUT2D eigenvalue weighted by molar-refractivity contribution is -0.118. The van der Waals surface area contributed by atoms with Gasteiger partial charge in [0.05, 0.1) is 6.20 Å². The zero-order valence-corrected chi connectivity index (χ0v) is 15.5. The van der Waals surface area contributed by atoms with Gasteiger partial charge in [-0.25, -0.2) is 4.79 Å². The Morgan fingerprint density at radius 1 is 1.27 bits per heavy atom. The summed E-state index contributed by atoms with van der Waals surface area (Å²) in [6.45, 7) is 5.72. The van der Waals surface area contributed by atoms with Crippen LogP contribution >= 0.6 is 0 Å². The number of hydrogen-bond acceptors (Lipinski definition) is 4. The van der Waals surface area contributed by atoms with Gasteiger partial charge in [-0.3, -0.25) is 4.79 Å². The number of H-pyrrole nitrogens is 1. The van der Waals surface area contributed by atoms with Crippen LogP contribution in [0, 0.1) is 6.92 Å². The Morgan fingerprint density at radius 3 is 2.65 bits per heavy atom. The number of nitrogens with one attached hydrogen (secondary N) is 1. The average Bonchev–Trinajstić information content (AvgIpc) is 3.01. The maximum Gasteiger partial charge on any atom is 0.371 e. The molecular weight excluding hydrogens is 328 g/mol. The summed E-state index contributed by atoms with van der Waals surface area (Å²) in [5, 5.41) is 4.15. The van der Waals surface area contributed by atoms with E-state index in [9.17, 15) is 9.59 Å². The van der Waals surface area contributed by atoms with Crippen LogP contribution in [-0.2, 0) is 11.2 Å². The summed E-state index contributed by atoms with van der Waals surface area (Å²) in [4.78, 5) is 31.8. The van der Waals surface area contributed by atoms with Crippen molar-refractivity contribution in [1.82, 2.24) is 19.6 Å². The van der Waals surface area contributed by atoms with Crippen LogP contribution in [0.4, 0.5) is 0 Å². The third-order valence-electron chi connectivity index (χ3n) is 4.68.